The van der Waals surface area contributed by atoms with Crippen LogP contribution in [0.1, 0.15) is 36.1 Å². The van der Waals surface area contributed by atoms with Gasteiger partial charge in [0.25, 0.3) is 0 Å². The van der Waals surface area contributed by atoms with Gasteiger partial charge in [0.05, 0.1) is 12.3 Å². The van der Waals surface area contributed by atoms with Gasteiger partial charge in [-0.15, -0.1) is 0 Å². The monoisotopic (exact) mass is 271 g/mol. The van der Waals surface area contributed by atoms with Crippen LogP contribution in [0, 0.1) is 0 Å². The summed E-state index contributed by atoms with van der Waals surface area (Å²) in [5.74, 6) is 0. The van der Waals surface area contributed by atoms with Crippen molar-refractivity contribution in [3.05, 3.63) is 53.9 Å². The first kappa shape index (κ1) is 13.3. The van der Waals surface area contributed by atoms with E-state index in [0.29, 0.717) is 12.6 Å². The molecular weight excluding hydrogens is 250 g/mol. The van der Waals surface area contributed by atoms with Crippen LogP contribution in [-0.4, -0.2) is 32.9 Å². The second-order valence-electron chi connectivity index (χ2n) is 5.53. The topological polar surface area (TPSA) is 41.3 Å². The van der Waals surface area contributed by atoms with Crippen molar-refractivity contribution in [2.75, 3.05) is 13.1 Å². The second-order valence-corrected chi connectivity index (χ2v) is 5.53. The Bertz CT molecular complexity index is 552. The lowest BCUT2D eigenvalue weighted by molar-refractivity contribution is 0.106. The van der Waals surface area contributed by atoms with E-state index in [0.717, 1.165) is 18.5 Å². The van der Waals surface area contributed by atoms with Crippen LogP contribution in [0.15, 0.2) is 42.7 Å². The molecule has 1 aromatic heterocycles. The van der Waals surface area contributed by atoms with Crippen LogP contribution in [0.4, 0.5) is 0 Å². The van der Waals surface area contributed by atoms with E-state index in [4.69, 9.17) is 0 Å². The molecule has 2 atom stereocenters. The Labute approximate surface area is 119 Å². The van der Waals surface area contributed by atoms with Crippen molar-refractivity contribution >= 4 is 0 Å². The minimum absolute atomic E-state index is 0.391. The highest BCUT2D eigenvalue weighted by Gasteiger charge is 2.28. The van der Waals surface area contributed by atoms with Gasteiger partial charge in [-0.3, -0.25) is 9.58 Å². The van der Waals surface area contributed by atoms with Crippen LogP contribution < -0.4 is 0 Å². The summed E-state index contributed by atoms with van der Waals surface area (Å²) in [4.78, 5) is 2.37. The van der Waals surface area contributed by atoms with Gasteiger partial charge in [-0.2, -0.15) is 5.10 Å². The number of β-amino-alcohol motifs (C(OH)–C–C–N with tert-alkyl or cyclic N) is 1. The highest BCUT2D eigenvalue weighted by Crippen LogP contribution is 2.33. The zero-order valence-electron chi connectivity index (χ0n) is 11.8. The molecule has 106 valence electrons. The van der Waals surface area contributed by atoms with Crippen LogP contribution >= 0.6 is 0 Å². The standard InChI is InChI=1S/C16H21N3O/c1-18-11-14(10-17-18)15-8-5-9-19(15)12-16(20)13-6-3-2-4-7-13/h2-4,6-7,10-11,15-16,20H,5,8-9,12H2,1H3/t15-,16+/m1/s1. The molecular formula is C16H21N3O. The SMILES string of the molecule is Cn1cc([C@H]2CCCN2C[C@H](O)c2ccccc2)cn1. The number of hydrogen-bond acceptors (Lipinski definition) is 3. The Hall–Kier alpha value is -1.65. The summed E-state index contributed by atoms with van der Waals surface area (Å²) in [7, 11) is 1.95. The van der Waals surface area contributed by atoms with Crippen LogP contribution in [0.2, 0.25) is 0 Å². The summed E-state index contributed by atoms with van der Waals surface area (Å²) in [6.45, 7) is 1.73. The van der Waals surface area contributed by atoms with E-state index in [1.54, 1.807) is 0 Å². The van der Waals surface area contributed by atoms with E-state index in [9.17, 15) is 5.11 Å². The summed E-state index contributed by atoms with van der Waals surface area (Å²) in [6.07, 6.45) is 5.93. The summed E-state index contributed by atoms with van der Waals surface area (Å²) in [5, 5.41) is 14.6. The fourth-order valence-electron chi connectivity index (χ4n) is 3.04. The van der Waals surface area contributed by atoms with E-state index in [-0.39, 0.29) is 0 Å². The minimum Gasteiger partial charge on any atom is -0.387 e. The number of aromatic nitrogens is 2. The van der Waals surface area contributed by atoms with E-state index in [2.05, 4.69) is 16.2 Å². The van der Waals surface area contributed by atoms with Crippen LogP contribution in [0.3, 0.4) is 0 Å². The molecule has 0 saturated carbocycles. The molecule has 0 bridgehead atoms. The molecule has 1 aliphatic heterocycles. The van der Waals surface area contributed by atoms with Gasteiger partial charge in [0, 0.05) is 31.4 Å². The molecule has 1 fully saturated rings. The van der Waals surface area contributed by atoms with E-state index in [1.807, 2.05) is 48.3 Å². The van der Waals surface area contributed by atoms with Crippen molar-refractivity contribution in [2.45, 2.75) is 25.0 Å². The second kappa shape index (κ2) is 5.77. The molecule has 2 heterocycles. The van der Waals surface area contributed by atoms with Gasteiger partial charge in [0.15, 0.2) is 0 Å². The lowest BCUT2D eigenvalue weighted by Crippen LogP contribution is -2.28. The zero-order valence-corrected chi connectivity index (χ0v) is 11.8. The highest BCUT2D eigenvalue weighted by atomic mass is 16.3. The molecule has 1 N–H and O–H groups in total. The first-order chi connectivity index (χ1) is 9.74. The first-order valence-electron chi connectivity index (χ1n) is 7.19. The number of benzene rings is 1. The Morgan fingerprint density at radius 2 is 2.15 bits per heavy atom. The average Bonchev–Trinajstić information content (AvgIpc) is 3.08. The molecule has 4 heteroatoms. The summed E-state index contributed by atoms with van der Waals surface area (Å²) in [5.41, 5.74) is 2.24. The maximum absolute atomic E-state index is 10.4. The number of rotatable bonds is 4. The average molecular weight is 271 g/mol. The fraction of sp³-hybridized carbons (Fsp3) is 0.438. The van der Waals surface area contributed by atoms with E-state index in [1.165, 1.54) is 12.0 Å². The van der Waals surface area contributed by atoms with Crippen molar-refractivity contribution in [2.24, 2.45) is 7.05 Å². The number of aliphatic hydroxyl groups is 1. The third-order valence-electron chi connectivity index (χ3n) is 4.07. The zero-order chi connectivity index (χ0) is 13.9. The van der Waals surface area contributed by atoms with Gasteiger partial charge >= 0.3 is 0 Å². The molecule has 0 amide bonds. The largest absolute Gasteiger partial charge is 0.387 e. The number of aliphatic hydroxyl groups excluding tert-OH is 1. The molecule has 0 radical (unpaired) electrons. The van der Waals surface area contributed by atoms with Crippen molar-refractivity contribution in [1.29, 1.82) is 0 Å². The van der Waals surface area contributed by atoms with Crippen molar-refractivity contribution in [3.63, 3.8) is 0 Å². The Morgan fingerprint density at radius 3 is 2.85 bits per heavy atom. The molecule has 1 aliphatic rings. The Balaban J connectivity index is 1.70. The van der Waals surface area contributed by atoms with Crippen molar-refractivity contribution in [3.8, 4) is 0 Å². The fourth-order valence-corrected chi connectivity index (χ4v) is 3.04. The van der Waals surface area contributed by atoms with Gasteiger partial charge in [-0.05, 0) is 24.9 Å². The predicted octanol–water partition coefficient (Wildman–Crippen LogP) is 2.29. The smallest absolute Gasteiger partial charge is 0.0917 e. The number of hydrogen-bond donors (Lipinski definition) is 1. The maximum Gasteiger partial charge on any atom is 0.0917 e. The Morgan fingerprint density at radius 1 is 1.35 bits per heavy atom. The van der Waals surface area contributed by atoms with E-state index < -0.39 is 6.10 Å². The Kier molecular flexibility index (Phi) is 3.85. The molecule has 20 heavy (non-hydrogen) atoms. The molecule has 1 aromatic carbocycles. The van der Waals surface area contributed by atoms with Crippen LogP contribution in [-0.2, 0) is 7.05 Å². The minimum atomic E-state index is -0.423. The predicted molar refractivity (Wildman–Crippen MR) is 78.2 cm³/mol. The molecule has 0 unspecified atom stereocenters. The summed E-state index contributed by atoms with van der Waals surface area (Å²) >= 11 is 0. The van der Waals surface area contributed by atoms with Gasteiger partial charge < -0.3 is 5.11 Å². The lowest BCUT2D eigenvalue weighted by atomic mass is 10.1. The molecule has 1 saturated heterocycles. The van der Waals surface area contributed by atoms with Gasteiger partial charge in [-0.25, -0.2) is 0 Å². The number of likely N-dealkylation sites (tertiary alicyclic amines) is 1. The lowest BCUT2D eigenvalue weighted by Gasteiger charge is -2.26. The van der Waals surface area contributed by atoms with Crippen LogP contribution in [0.25, 0.3) is 0 Å². The maximum atomic E-state index is 10.4. The third kappa shape index (κ3) is 2.76. The molecule has 4 nitrogen and oxygen atoms in total. The van der Waals surface area contributed by atoms with Gasteiger partial charge in [-0.1, -0.05) is 30.3 Å². The highest BCUT2D eigenvalue weighted by molar-refractivity contribution is 5.18. The molecule has 0 spiro atoms. The van der Waals surface area contributed by atoms with E-state index >= 15 is 0 Å². The number of nitrogens with zero attached hydrogens (tertiary/aromatic N) is 3. The summed E-state index contributed by atoms with van der Waals surface area (Å²) in [6, 6.07) is 10.3. The van der Waals surface area contributed by atoms with Crippen molar-refractivity contribution in [1.82, 2.24) is 14.7 Å². The third-order valence-corrected chi connectivity index (χ3v) is 4.07. The molecule has 2 aromatic rings. The quantitative estimate of drug-likeness (QED) is 0.927. The number of aryl methyl sites for hydroxylation is 1. The molecule has 0 aliphatic carbocycles. The molecule has 3 rings (SSSR count). The van der Waals surface area contributed by atoms with Gasteiger partial charge in [0.1, 0.15) is 0 Å². The van der Waals surface area contributed by atoms with Crippen LogP contribution in [0.5, 0.6) is 0 Å². The van der Waals surface area contributed by atoms with Crippen molar-refractivity contribution < 1.29 is 5.11 Å². The normalized spacial score (nSPS) is 21.2. The summed E-state index contributed by atoms with van der Waals surface area (Å²) < 4.78 is 1.85. The van der Waals surface area contributed by atoms with Gasteiger partial charge in [0.2, 0.25) is 0 Å². The first-order valence-corrected chi connectivity index (χ1v) is 7.19.